The van der Waals surface area contributed by atoms with Crippen molar-refractivity contribution in [3.05, 3.63) is 71.3 Å². The van der Waals surface area contributed by atoms with Gasteiger partial charge in [-0.05, 0) is 36.7 Å². The zero-order valence-electron chi connectivity index (χ0n) is 15.4. The van der Waals surface area contributed by atoms with E-state index in [9.17, 15) is 18.0 Å². The number of nitrogens with zero attached hydrogens (tertiary/aromatic N) is 2. The lowest BCUT2D eigenvalue weighted by Crippen LogP contribution is -2.33. The normalized spacial score (nSPS) is 24.7. The molecule has 0 aromatic heterocycles. The summed E-state index contributed by atoms with van der Waals surface area (Å²) in [5, 5.41) is 0. The first-order valence-electron chi connectivity index (χ1n) is 9.06. The maximum absolute atomic E-state index is 12.9. The van der Waals surface area contributed by atoms with E-state index in [1.54, 1.807) is 4.90 Å². The van der Waals surface area contributed by atoms with Gasteiger partial charge in [-0.2, -0.15) is 13.2 Å². The molecule has 2 aliphatic rings. The van der Waals surface area contributed by atoms with E-state index < -0.39 is 11.7 Å². The molecule has 0 aliphatic carbocycles. The Morgan fingerprint density at radius 3 is 2.39 bits per heavy atom. The smallest absolute Gasteiger partial charge is 0.338 e. The number of alkyl halides is 3. The van der Waals surface area contributed by atoms with Crippen molar-refractivity contribution in [2.45, 2.75) is 12.2 Å². The quantitative estimate of drug-likeness (QED) is 0.727. The average molecular weight is 411 g/mol. The van der Waals surface area contributed by atoms with Gasteiger partial charge < -0.3 is 4.90 Å². The first-order valence-corrected chi connectivity index (χ1v) is 9.06. The summed E-state index contributed by atoms with van der Waals surface area (Å²) in [6, 6.07) is 15.1. The van der Waals surface area contributed by atoms with E-state index in [0.29, 0.717) is 24.9 Å². The Morgan fingerprint density at radius 2 is 1.71 bits per heavy atom. The van der Waals surface area contributed by atoms with Gasteiger partial charge >= 0.3 is 6.18 Å². The van der Waals surface area contributed by atoms with Crippen molar-refractivity contribution in [1.82, 2.24) is 9.80 Å². The first kappa shape index (κ1) is 20.7. The molecule has 0 saturated carbocycles. The van der Waals surface area contributed by atoms with E-state index in [0.717, 1.165) is 18.7 Å². The lowest BCUT2D eigenvalue weighted by atomic mass is 9.90. The van der Waals surface area contributed by atoms with E-state index in [4.69, 9.17) is 0 Å². The van der Waals surface area contributed by atoms with Crippen LogP contribution in [0.1, 0.15) is 27.5 Å². The monoisotopic (exact) mass is 410 g/mol. The fourth-order valence-electron chi connectivity index (χ4n) is 4.59. The zero-order chi connectivity index (χ0) is 19.2. The van der Waals surface area contributed by atoms with Gasteiger partial charge in [0, 0.05) is 37.2 Å². The van der Waals surface area contributed by atoms with Crippen LogP contribution in [0.2, 0.25) is 0 Å². The molecule has 2 aromatic rings. The lowest BCUT2D eigenvalue weighted by molar-refractivity contribution is -0.137. The Balaban J connectivity index is 0.00000225. The van der Waals surface area contributed by atoms with Gasteiger partial charge in [-0.25, -0.2) is 0 Å². The van der Waals surface area contributed by atoms with Crippen LogP contribution in [0.25, 0.3) is 0 Å². The third-order valence-electron chi connectivity index (χ3n) is 5.76. The summed E-state index contributed by atoms with van der Waals surface area (Å²) in [5.74, 6) is 0.326. The Hall–Kier alpha value is -2.05. The molecule has 0 bridgehead atoms. The Labute approximate surface area is 168 Å². The van der Waals surface area contributed by atoms with Gasteiger partial charge in [0.2, 0.25) is 0 Å². The molecule has 4 rings (SSSR count). The number of hydrogen-bond acceptors (Lipinski definition) is 2. The number of carbonyl (C=O) groups excluding carboxylic acids is 1. The molecule has 150 valence electrons. The lowest BCUT2D eigenvalue weighted by Gasteiger charge is -2.27. The Kier molecular flexibility index (Phi) is 5.73. The topological polar surface area (TPSA) is 23.6 Å². The number of halogens is 4. The summed E-state index contributed by atoms with van der Waals surface area (Å²) in [4.78, 5) is 16.9. The zero-order valence-corrected chi connectivity index (χ0v) is 16.2. The van der Waals surface area contributed by atoms with Crippen molar-refractivity contribution in [1.29, 1.82) is 0 Å². The number of likely N-dealkylation sites (tertiary alicyclic amines) is 2. The van der Waals surface area contributed by atoms with Gasteiger partial charge in [0.05, 0.1) is 5.56 Å². The van der Waals surface area contributed by atoms with Crippen LogP contribution in [-0.4, -0.2) is 42.4 Å². The molecule has 28 heavy (non-hydrogen) atoms. The van der Waals surface area contributed by atoms with Crippen LogP contribution in [0.5, 0.6) is 0 Å². The van der Waals surface area contributed by atoms with Crippen molar-refractivity contribution in [2.75, 3.05) is 26.7 Å². The molecule has 2 aliphatic heterocycles. The van der Waals surface area contributed by atoms with Gasteiger partial charge in [-0.1, -0.05) is 36.4 Å². The van der Waals surface area contributed by atoms with Crippen LogP contribution >= 0.6 is 12.4 Å². The molecule has 2 fully saturated rings. The van der Waals surface area contributed by atoms with Gasteiger partial charge in [0.15, 0.2) is 0 Å². The molecule has 7 heteroatoms. The minimum atomic E-state index is -4.45. The Bertz CT molecular complexity index is 843. The predicted octanol–water partition coefficient (Wildman–Crippen LogP) is 4.50. The summed E-state index contributed by atoms with van der Waals surface area (Å²) >= 11 is 0. The van der Waals surface area contributed by atoms with Crippen LogP contribution < -0.4 is 0 Å². The van der Waals surface area contributed by atoms with Crippen LogP contribution in [0.15, 0.2) is 54.6 Å². The number of carbonyl (C=O) groups is 1. The molecular formula is C21H22ClF3N2O. The Morgan fingerprint density at radius 1 is 1.00 bits per heavy atom. The molecule has 2 saturated heterocycles. The molecule has 1 amide bonds. The summed E-state index contributed by atoms with van der Waals surface area (Å²) in [6.07, 6.45) is -4.45. The average Bonchev–Trinajstić information content (AvgIpc) is 3.17. The van der Waals surface area contributed by atoms with Crippen LogP contribution in [0, 0.1) is 11.8 Å². The number of hydrogen-bond donors (Lipinski definition) is 0. The summed E-state index contributed by atoms with van der Waals surface area (Å²) in [6.45, 7) is 2.05. The molecule has 0 spiro atoms. The second-order valence-corrected chi connectivity index (χ2v) is 7.51. The fraction of sp³-hybridized carbons (Fsp3) is 0.381. The molecular weight excluding hydrogens is 389 g/mol. The van der Waals surface area contributed by atoms with E-state index in [1.165, 1.54) is 17.7 Å². The van der Waals surface area contributed by atoms with Crippen LogP contribution in [-0.2, 0) is 6.18 Å². The molecule has 2 aromatic carbocycles. The van der Waals surface area contributed by atoms with Gasteiger partial charge in [-0.15, -0.1) is 12.4 Å². The highest BCUT2D eigenvalue weighted by atomic mass is 35.5. The van der Waals surface area contributed by atoms with E-state index in [2.05, 4.69) is 24.1 Å². The minimum absolute atomic E-state index is 0. The number of rotatable bonds is 2. The highest BCUT2D eigenvalue weighted by Crippen LogP contribution is 2.44. The van der Waals surface area contributed by atoms with Crippen molar-refractivity contribution in [3.63, 3.8) is 0 Å². The third kappa shape index (κ3) is 3.76. The second-order valence-electron chi connectivity index (χ2n) is 7.51. The van der Waals surface area contributed by atoms with Gasteiger partial charge in [0.25, 0.3) is 5.91 Å². The van der Waals surface area contributed by atoms with Crippen molar-refractivity contribution in [2.24, 2.45) is 11.8 Å². The molecule has 0 radical (unpaired) electrons. The van der Waals surface area contributed by atoms with E-state index in [-0.39, 0.29) is 29.9 Å². The molecule has 2 heterocycles. The summed E-state index contributed by atoms with van der Waals surface area (Å²) in [5.41, 5.74) is 0.546. The maximum Gasteiger partial charge on any atom is 0.416 e. The van der Waals surface area contributed by atoms with Crippen molar-refractivity contribution in [3.8, 4) is 0 Å². The molecule has 0 unspecified atom stereocenters. The summed E-state index contributed by atoms with van der Waals surface area (Å²) in [7, 11) is 2.09. The highest BCUT2D eigenvalue weighted by Gasteiger charge is 2.47. The van der Waals surface area contributed by atoms with Gasteiger partial charge in [0.1, 0.15) is 0 Å². The van der Waals surface area contributed by atoms with Crippen LogP contribution in [0.4, 0.5) is 13.2 Å². The van der Waals surface area contributed by atoms with Gasteiger partial charge in [-0.3, -0.25) is 9.69 Å². The highest BCUT2D eigenvalue weighted by molar-refractivity contribution is 5.94. The minimum Gasteiger partial charge on any atom is -0.338 e. The SMILES string of the molecule is CN1C[C@H]2CN(C(=O)c3cccc(C(F)(F)F)c3)C[C@H]2[C@@H]1c1ccccc1.Cl. The maximum atomic E-state index is 12.9. The van der Waals surface area contributed by atoms with Crippen molar-refractivity contribution >= 4 is 18.3 Å². The van der Waals surface area contributed by atoms with E-state index >= 15 is 0 Å². The molecule has 3 nitrogen and oxygen atoms in total. The van der Waals surface area contributed by atoms with E-state index in [1.807, 2.05) is 18.2 Å². The largest absolute Gasteiger partial charge is 0.416 e. The third-order valence-corrected chi connectivity index (χ3v) is 5.76. The molecule has 3 atom stereocenters. The van der Waals surface area contributed by atoms with Crippen LogP contribution in [0.3, 0.4) is 0 Å². The van der Waals surface area contributed by atoms with Crippen molar-refractivity contribution < 1.29 is 18.0 Å². The molecule has 0 N–H and O–H groups in total. The number of fused-ring (bicyclic) bond motifs is 1. The fourth-order valence-corrected chi connectivity index (χ4v) is 4.59. The summed E-state index contributed by atoms with van der Waals surface area (Å²) < 4.78 is 38.8. The standard InChI is InChI=1S/C21H21F3N2O.ClH/c1-25-11-16-12-26(13-18(16)19(25)14-6-3-2-4-7-14)20(27)15-8-5-9-17(10-15)21(22,23)24;/h2-10,16,18-19H,11-13H2,1H3;1H/t16-,18+,19-;/m0./s1. The second kappa shape index (κ2) is 7.76. The number of amides is 1. The number of benzene rings is 2. The predicted molar refractivity (Wildman–Crippen MR) is 103 cm³/mol. The first-order chi connectivity index (χ1) is 12.8.